The zero-order valence-corrected chi connectivity index (χ0v) is 14.6. The van der Waals surface area contributed by atoms with Gasteiger partial charge in [-0.1, -0.05) is 22.0 Å². The summed E-state index contributed by atoms with van der Waals surface area (Å²) in [5.41, 5.74) is 2.64. The monoisotopic (exact) mass is 352 g/mol. The van der Waals surface area contributed by atoms with Crippen molar-refractivity contribution in [3.8, 4) is 0 Å². The van der Waals surface area contributed by atoms with Crippen molar-refractivity contribution in [3.05, 3.63) is 50.6 Å². The molecule has 0 aliphatic rings. The van der Waals surface area contributed by atoms with Crippen molar-refractivity contribution in [1.29, 1.82) is 0 Å². The second-order valence-electron chi connectivity index (χ2n) is 5.10. The zero-order valence-electron chi connectivity index (χ0n) is 12.2. The van der Waals surface area contributed by atoms with Gasteiger partial charge in [0.2, 0.25) is 0 Å². The van der Waals surface area contributed by atoms with E-state index in [1.807, 2.05) is 18.4 Å². The van der Waals surface area contributed by atoms with E-state index in [1.165, 1.54) is 16.1 Å². The van der Waals surface area contributed by atoms with Crippen LogP contribution in [0.4, 0.5) is 5.69 Å². The molecule has 0 amide bonds. The quantitative estimate of drug-likeness (QED) is 0.814. The second kappa shape index (κ2) is 7.25. The van der Waals surface area contributed by atoms with Crippen LogP contribution in [0.1, 0.15) is 24.3 Å². The lowest BCUT2D eigenvalue weighted by atomic mass is 10.1. The Morgan fingerprint density at radius 2 is 2.10 bits per heavy atom. The van der Waals surface area contributed by atoms with E-state index in [0.29, 0.717) is 6.04 Å². The van der Waals surface area contributed by atoms with Gasteiger partial charge in [-0.25, -0.2) is 0 Å². The summed E-state index contributed by atoms with van der Waals surface area (Å²) in [7, 11) is 1.99. The third kappa shape index (κ3) is 3.84. The highest BCUT2D eigenvalue weighted by Gasteiger charge is 2.15. The number of rotatable bonds is 6. The Morgan fingerprint density at radius 1 is 1.30 bits per heavy atom. The van der Waals surface area contributed by atoms with Crippen molar-refractivity contribution in [3.63, 3.8) is 0 Å². The molecule has 108 valence electrons. The van der Waals surface area contributed by atoms with Crippen LogP contribution >= 0.6 is 27.3 Å². The molecule has 0 unspecified atom stereocenters. The molecule has 0 aliphatic carbocycles. The predicted octanol–water partition coefficient (Wildman–Crippen LogP) is 4.65. The van der Waals surface area contributed by atoms with E-state index in [9.17, 15) is 0 Å². The van der Waals surface area contributed by atoms with Gasteiger partial charge < -0.3 is 10.2 Å². The molecule has 0 aliphatic heterocycles. The molecule has 0 fully saturated rings. The van der Waals surface area contributed by atoms with Crippen LogP contribution in [0.25, 0.3) is 0 Å². The highest BCUT2D eigenvalue weighted by atomic mass is 79.9. The van der Waals surface area contributed by atoms with Crippen LogP contribution in [0, 0.1) is 0 Å². The van der Waals surface area contributed by atoms with Gasteiger partial charge in [-0.15, -0.1) is 11.3 Å². The maximum absolute atomic E-state index is 3.57. The van der Waals surface area contributed by atoms with Gasteiger partial charge in [0.15, 0.2) is 0 Å². The summed E-state index contributed by atoms with van der Waals surface area (Å²) in [5, 5.41) is 5.40. The van der Waals surface area contributed by atoms with E-state index in [4.69, 9.17) is 0 Å². The maximum Gasteiger partial charge on any atom is 0.0525 e. The molecule has 1 aromatic carbocycles. The first kappa shape index (κ1) is 15.5. The molecule has 0 radical (unpaired) electrons. The smallest absolute Gasteiger partial charge is 0.0525 e. The van der Waals surface area contributed by atoms with Gasteiger partial charge >= 0.3 is 0 Å². The Bertz CT molecular complexity index is 537. The number of thiophene rings is 1. The molecule has 0 saturated heterocycles. The van der Waals surface area contributed by atoms with E-state index in [1.54, 1.807) is 0 Å². The molecule has 1 N–H and O–H groups in total. The van der Waals surface area contributed by atoms with Gasteiger partial charge in [-0.2, -0.15) is 0 Å². The number of hydrogen-bond acceptors (Lipinski definition) is 3. The molecule has 20 heavy (non-hydrogen) atoms. The molecule has 0 bridgehead atoms. The van der Waals surface area contributed by atoms with Crippen molar-refractivity contribution < 1.29 is 0 Å². The van der Waals surface area contributed by atoms with Crippen molar-refractivity contribution in [2.75, 3.05) is 11.9 Å². The van der Waals surface area contributed by atoms with Crippen LogP contribution in [0.3, 0.4) is 0 Å². The van der Waals surface area contributed by atoms with E-state index in [2.05, 4.69) is 75.7 Å². The average Bonchev–Trinajstić information content (AvgIpc) is 2.90. The molecule has 2 rings (SSSR count). The van der Waals surface area contributed by atoms with Gasteiger partial charge in [-0.05, 0) is 56.1 Å². The van der Waals surface area contributed by atoms with Crippen LogP contribution in [0.5, 0.6) is 0 Å². The fourth-order valence-corrected chi connectivity index (χ4v) is 3.39. The van der Waals surface area contributed by atoms with E-state index in [-0.39, 0.29) is 0 Å². The Labute approximate surface area is 133 Å². The normalized spacial score (nSPS) is 11.1. The molecular formula is C16H21BrN2S. The molecule has 2 aromatic rings. The minimum atomic E-state index is 0.467. The summed E-state index contributed by atoms with van der Waals surface area (Å²) < 4.78 is 1.13. The van der Waals surface area contributed by atoms with Crippen molar-refractivity contribution in [2.24, 2.45) is 0 Å². The molecular weight excluding hydrogens is 332 g/mol. The SMILES string of the molecule is CNCc1cc(Br)ccc1N(Cc1cccs1)C(C)C. The van der Waals surface area contributed by atoms with Gasteiger partial charge in [0.1, 0.15) is 0 Å². The number of benzene rings is 1. The summed E-state index contributed by atoms with van der Waals surface area (Å²) >= 11 is 5.39. The van der Waals surface area contributed by atoms with E-state index >= 15 is 0 Å². The molecule has 0 spiro atoms. The standard InChI is InChI=1S/C16H21BrN2S/c1-12(2)19(11-15-5-4-8-20-15)16-7-6-14(17)9-13(16)10-18-3/h4-9,12,18H,10-11H2,1-3H3. The predicted molar refractivity (Wildman–Crippen MR) is 92.5 cm³/mol. The largest absolute Gasteiger partial charge is 0.364 e. The van der Waals surface area contributed by atoms with Crippen LogP contribution < -0.4 is 10.2 Å². The van der Waals surface area contributed by atoms with E-state index < -0.39 is 0 Å². The molecule has 0 atom stereocenters. The van der Waals surface area contributed by atoms with Gasteiger partial charge in [0.05, 0.1) is 6.54 Å². The number of hydrogen-bond donors (Lipinski definition) is 1. The van der Waals surface area contributed by atoms with Crippen LogP contribution in [-0.2, 0) is 13.1 Å². The summed E-state index contributed by atoms with van der Waals surface area (Å²) in [6.07, 6.45) is 0. The number of nitrogens with one attached hydrogen (secondary N) is 1. The highest BCUT2D eigenvalue weighted by molar-refractivity contribution is 9.10. The molecule has 1 aromatic heterocycles. The van der Waals surface area contributed by atoms with Crippen LogP contribution in [-0.4, -0.2) is 13.1 Å². The topological polar surface area (TPSA) is 15.3 Å². The first-order chi connectivity index (χ1) is 9.61. The average molecular weight is 353 g/mol. The fourth-order valence-electron chi connectivity index (χ4n) is 2.28. The van der Waals surface area contributed by atoms with Crippen LogP contribution in [0.2, 0.25) is 0 Å². The van der Waals surface area contributed by atoms with Gasteiger partial charge in [-0.3, -0.25) is 0 Å². The lowest BCUT2D eigenvalue weighted by Gasteiger charge is -2.31. The number of anilines is 1. The summed E-state index contributed by atoms with van der Waals surface area (Å²) in [5.74, 6) is 0. The minimum absolute atomic E-state index is 0.467. The summed E-state index contributed by atoms with van der Waals surface area (Å²) in [6.45, 7) is 6.34. The van der Waals surface area contributed by atoms with Crippen LogP contribution in [0.15, 0.2) is 40.2 Å². The molecule has 0 saturated carbocycles. The number of nitrogens with zero attached hydrogens (tertiary/aromatic N) is 1. The van der Waals surface area contributed by atoms with Crippen molar-refractivity contribution in [1.82, 2.24) is 5.32 Å². The molecule has 4 heteroatoms. The second-order valence-corrected chi connectivity index (χ2v) is 7.05. The fraction of sp³-hybridized carbons (Fsp3) is 0.375. The third-order valence-electron chi connectivity index (χ3n) is 3.25. The first-order valence-corrected chi connectivity index (χ1v) is 8.51. The summed E-state index contributed by atoms with van der Waals surface area (Å²) in [6, 6.07) is 11.3. The lowest BCUT2D eigenvalue weighted by Crippen LogP contribution is -2.31. The lowest BCUT2D eigenvalue weighted by molar-refractivity contribution is 0.678. The van der Waals surface area contributed by atoms with Crippen molar-refractivity contribution in [2.45, 2.75) is 33.0 Å². The Balaban J connectivity index is 2.33. The van der Waals surface area contributed by atoms with Gasteiger partial charge in [0, 0.05) is 27.6 Å². The Morgan fingerprint density at radius 3 is 2.70 bits per heavy atom. The first-order valence-electron chi connectivity index (χ1n) is 6.84. The Kier molecular flexibility index (Phi) is 5.64. The highest BCUT2D eigenvalue weighted by Crippen LogP contribution is 2.28. The summed E-state index contributed by atoms with van der Waals surface area (Å²) in [4.78, 5) is 3.86. The van der Waals surface area contributed by atoms with Gasteiger partial charge in [0.25, 0.3) is 0 Å². The third-order valence-corrected chi connectivity index (χ3v) is 4.60. The zero-order chi connectivity index (χ0) is 14.5. The Hall–Kier alpha value is -0.840. The van der Waals surface area contributed by atoms with Crippen molar-refractivity contribution >= 4 is 33.0 Å². The molecule has 2 nitrogen and oxygen atoms in total. The minimum Gasteiger partial charge on any atom is -0.364 e. The number of halogens is 1. The van der Waals surface area contributed by atoms with E-state index in [0.717, 1.165) is 17.6 Å². The maximum atomic E-state index is 3.57. The molecule has 1 heterocycles.